The summed E-state index contributed by atoms with van der Waals surface area (Å²) in [6.07, 6.45) is 0. The third-order valence-corrected chi connectivity index (χ3v) is 4.53. The standard InChI is InChI=1S/C14H21F2NO2S/c1-10(17-20(19)13(2,3)4)11-6-5-7-12(8-11)14(15,16)9-18/h5-8,10,17-18H,9H2,1-4H3/t10?,20-/m1/s1. The highest BCUT2D eigenvalue weighted by atomic mass is 32.2. The van der Waals surface area contributed by atoms with Crippen LogP contribution in [0.4, 0.5) is 8.78 Å². The van der Waals surface area contributed by atoms with Crippen LogP contribution in [-0.2, 0) is 16.9 Å². The van der Waals surface area contributed by atoms with E-state index in [1.165, 1.54) is 18.2 Å². The SMILES string of the molecule is CC(N[S@](=O)C(C)(C)C)c1cccc(C(F)(F)CO)c1. The van der Waals surface area contributed by atoms with Gasteiger partial charge in [-0.15, -0.1) is 0 Å². The number of benzene rings is 1. The van der Waals surface area contributed by atoms with Crippen molar-refractivity contribution in [1.29, 1.82) is 0 Å². The highest BCUT2D eigenvalue weighted by Gasteiger charge is 2.31. The van der Waals surface area contributed by atoms with Gasteiger partial charge in [-0.1, -0.05) is 18.2 Å². The van der Waals surface area contributed by atoms with E-state index >= 15 is 0 Å². The second kappa shape index (κ2) is 6.28. The average Bonchev–Trinajstić information content (AvgIpc) is 2.37. The second-order valence-electron chi connectivity index (χ2n) is 5.71. The Morgan fingerprint density at radius 1 is 1.35 bits per heavy atom. The topological polar surface area (TPSA) is 49.3 Å². The van der Waals surface area contributed by atoms with E-state index in [4.69, 9.17) is 5.11 Å². The van der Waals surface area contributed by atoms with Crippen molar-refractivity contribution in [1.82, 2.24) is 4.72 Å². The summed E-state index contributed by atoms with van der Waals surface area (Å²) in [4.78, 5) is 0. The lowest BCUT2D eigenvalue weighted by atomic mass is 10.0. The number of aliphatic hydroxyl groups excluding tert-OH is 1. The van der Waals surface area contributed by atoms with Gasteiger partial charge in [0.25, 0.3) is 5.92 Å². The van der Waals surface area contributed by atoms with Crippen molar-refractivity contribution in [2.24, 2.45) is 0 Å². The van der Waals surface area contributed by atoms with Crippen molar-refractivity contribution in [3.63, 3.8) is 0 Å². The molecule has 2 atom stereocenters. The van der Waals surface area contributed by atoms with Gasteiger partial charge in [-0.2, -0.15) is 8.78 Å². The van der Waals surface area contributed by atoms with Crippen molar-refractivity contribution in [3.05, 3.63) is 35.4 Å². The Labute approximate surface area is 121 Å². The predicted molar refractivity (Wildman–Crippen MR) is 76.9 cm³/mol. The Bertz CT molecular complexity index is 486. The molecule has 114 valence electrons. The van der Waals surface area contributed by atoms with E-state index in [0.29, 0.717) is 5.56 Å². The molecule has 1 unspecified atom stereocenters. The van der Waals surface area contributed by atoms with Crippen LogP contribution in [0.25, 0.3) is 0 Å². The number of rotatable bonds is 5. The second-order valence-corrected chi connectivity index (χ2v) is 7.71. The summed E-state index contributed by atoms with van der Waals surface area (Å²) < 4.78 is 41.4. The minimum absolute atomic E-state index is 0.243. The Balaban J connectivity index is 2.93. The van der Waals surface area contributed by atoms with Crippen LogP contribution in [0, 0.1) is 0 Å². The lowest BCUT2D eigenvalue weighted by Gasteiger charge is -2.23. The maximum atomic E-state index is 13.4. The van der Waals surface area contributed by atoms with Crippen molar-refractivity contribution in [2.45, 2.75) is 44.4 Å². The number of alkyl halides is 2. The van der Waals surface area contributed by atoms with E-state index in [-0.39, 0.29) is 11.6 Å². The molecule has 2 N–H and O–H groups in total. The Kier molecular flexibility index (Phi) is 5.40. The van der Waals surface area contributed by atoms with E-state index in [1.807, 2.05) is 20.8 Å². The summed E-state index contributed by atoms with van der Waals surface area (Å²) in [7, 11) is -1.28. The highest BCUT2D eigenvalue weighted by Crippen LogP contribution is 2.29. The first-order chi connectivity index (χ1) is 9.08. The van der Waals surface area contributed by atoms with E-state index in [2.05, 4.69) is 4.72 Å². The Hall–Kier alpha value is -0.850. The van der Waals surface area contributed by atoms with Crippen LogP contribution in [0.15, 0.2) is 24.3 Å². The molecule has 3 nitrogen and oxygen atoms in total. The number of halogens is 2. The fourth-order valence-corrected chi connectivity index (χ4v) is 2.34. The van der Waals surface area contributed by atoms with Gasteiger partial charge in [0.15, 0.2) is 0 Å². The van der Waals surface area contributed by atoms with Crippen LogP contribution < -0.4 is 4.72 Å². The van der Waals surface area contributed by atoms with Gasteiger partial charge in [0.05, 0.1) is 15.7 Å². The number of aliphatic hydroxyl groups is 1. The first-order valence-corrected chi connectivity index (χ1v) is 7.50. The molecule has 0 saturated carbocycles. The first kappa shape index (κ1) is 17.2. The average molecular weight is 305 g/mol. The maximum absolute atomic E-state index is 13.4. The molecule has 0 aliphatic heterocycles. The van der Waals surface area contributed by atoms with Crippen LogP contribution in [0.5, 0.6) is 0 Å². The number of hydrogen-bond donors (Lipinski definition) is 2. The molecule has 0 saturated heterocycles. The summed E-state index contributed by atoms with van der Waals surface area (Å²) >= 11 is 0. The van der Waals surface area contributed by atoms with Gasteiger partial charge < -0.3 is 5.11 Å². The van der Waals surface area contributed by atoms with Crippen molar-refractivity contribution in [3.8, 4) is 0 Å². The van der Waals surface area contributed by atoms with E-state index in [0.717, 1.165) is 0 Å². The predicted octanol–water partition coefficient (Wildman–Crippen LogP) is 2.88. The van der Waals surface area contributed by atoms with Crippen molar-refractivity contribution >= 4 is 11.0 Å². The minimum Gasteiger partial charge on any atom is -0.390 e. The zero-order chi connectivity index (χ0) is 15.6. The fraction of sp³-hybridized carbons (Fsp3) is 0.571. The monoisotopic (exact) mass is 305 g/mol. The molecule has 1 aromatic rings. The van der Waals surface area contributed by atoms with Gasteiger partial charge in [-0.3, -0.25) is 0 Å². The molecular weight excluding hydrogens is 284 g/mol. The molecule has 1 rings (SSSR count). The summed E-state index contributed by atoms with van der Waals surface area (Å²) in [5, 5.41) is 8.71. The molecule has 0 spiro atoms. The Morgan fingerprint density at radius 2 is 1.95 bits per heavy atom. The number of nitrogens with one attached hydrogen (secondary N) is 1. The number of hydrogen-bond acceptors (Lipinski definition) is 2. The van der Waals surface area contributed by atoms with Gasteiger partial charge in [0.1, 0.15) is 6.61 Å². The normalized spacial score (nSPS) is 15.9. The van der Waals surface area contributed by atoms with Crippen LogP contribution in [0.1, 0.15) is 44.9 Å². The van der Waals surface area contributed by atoms with Crippen LogP contribution >= 0.6 is 0 Å². The molecular formula is C14H21F2NO2S. The lowest BCUT2D eigenvalue weighted by molar-refractivity contribution is -0.0556. The lowest BCUT2D eigenvalue weighted by Crippen LogP contribution is -2.34. The van der Waals surface area contributed by atoms with E-state index < -0.39 is 28.3 Å². The molecule has 0 heterocycles. The van der Waals surface area contributed by atoms with Gasteiger partial charge in [-0.25, -0.2) is 8.93 Å². The first-order valence-electron chi connectivity index (χ1n) is 6.35. The minimum atomic E-state index is -3.26. The van der Waals surface area contributed by atoms with Gasteiger partial charge >= 0.3 is 0 Å². The molecule has 0 amide bonds. The maximum Gasteiger partial charge on any atom is 0.295 e. The molecule has 0 bridgehead atoms. The van der Waals surface area contributed by atoms with Crippen LogP contribution in [0.3, 0.4) is 0 Å². The molecule has 0 aliphatic rings. The highest BCUT2D eigenvalue weighted by molar-refractivity contribution is 7.84. The third kappa shape index (κ3) is 4.33. The smallest absolute Gasteiger partial charge is 0.295 e. The van der Waals surface area contributed by atoms with Gasteiger partial charge in [0, 0.05) is 11.6 Å². The zero-order valence-electron chi connectivity index (χ0n) is 12.1. The van der Waals surface area contributed by atoms with E-state index in [1.54, 1.807) is 13.0 Å². The molecule has 0 radical (unpaired) electrons. The molecule has 6 heteroatoms. The quantitative estimate of drug-likeness (QED) is 0.879. The molecule has 1 aromatic carbocycles. The summed E-state index contributed by atoms with van der Waals surface area (Å²) in [5.74, 6) is -3.26. The van der Waals surface area contributed by atoms with E-state index in [9.17, 15) is 13.0 Å². The largest absolute Gasteiger partial charge is 0.390 e. The van der Waals surface area contributed by atoms with Gasteiger partial charge in [-0.05, 0) is 39.3 Å². The fourth-order valence-electron chi connectivity index (χ4n) is 1.53. The summed E-state index contributed by atoms with van der Waals surface area (Å²) in [6.45, 7) is 6.03. The van der Waals surface area contributed by atoms with Crippen LogP contribution in [-0.4, -0.2) is 20.7 Å². The van der Waals surface area contributed by atoms with Crippen LogP contribution in [0.2, 0.25) is 0 Å². The molecule has 0 aromatic heterocycles. The van der Waals surface area contributed by atoms with Crippen molar-refractivity contribution < 1.29 is 18.1 Å². The Morgan fingerprint density at radius 3 is 2.45 bits per heavy atom. The molecule has 0 fully saturated rings. The van der Waals surface area contributed by atoms with Crippen molar-refractivity contribution in [2.75, 3.05) is 6.61 Å². The molecule has 0 aliphatic carbocycles. The zero-order valence-corrected chi connectivity index (χ0v) is 12.9. The molecule has 20 heavy (non-hydrogen) atoms. The third-order valence-electron chi connectivity index (χ3n) is 2.85. The van der Waals surface area contributed by atoms with Gasteiger partial charge in [0.2, 0.25) is 0 Å². The summed E-state index contributed by atoms with van der Waals surface area (Å²) in [5.41, 5.74) is 0.362. The summed E-state index contributed by atoms with van der Waals surface area (Å²) in [6, 6.07) is 5.46.